The van der Waals surface area contributed by atoms with Gasteiger partial charge in [-0.3, -0.25) is 9.69 Å². The molecule has 23 heavy (non-hydrogen) atoms. The molecule has 0 radical (unpaired) electrons. The summed E-state index contributed by atoms with van der Waals surface area (Å²) in [7, 11) is 5.99. The van der Waals surface area contributed by atoms with E-state index in [1.807, 2.05) is 30.3 Å². The number of fused-ring (bicyclic) bond motifs is 3. The number of carbonyl (C=O) groups excluding carboxylic acids is 1. The molecule has 8 heteroatoms. The Balaban J connectivity index is 1.76. The predicted octanol–water partition coefficient (Wildman–Crippen LogP) is 0.705. The number of hydrogen-bond acceptors (Lipinski definition) is 7. The lowest BCUT2D eigenvalue weighted by Crippen LogP contribution is -2.79. The van der Waals surface area contributed by atoms with Gasteiger partial charge in [-0.15, -0.1) is 0 Å². The molecule has 1 amide bonds. The van der Waals surface area contributed by atoms with Crippen LogP contribution in [0.15, 0.2) is 30.3 Å². The van der Waals surface area contributed by atoms with E-state index in [-0.39, 0.29) is 19.1 Å². The average Bonchev–Trinajstić information content (AvgIpc) is 2.58. The summed E-state index contributed by atoms with van der Waals surface area (Å²) in [5.41, 5.74) is 1.04. The zero-order chi connectivity index (χ0) is 16.7. The number of aliphatic hydroxyl groups excluding tert-OH is 2. The van der Waals surface area contributed by atoms with E-state index in [0.29, 0.717) is 6.61 Å². The number of rotatable bonds is 5. The first-order valence-corrected chi connectivity index (χ1v) is 9.41. The van der Waals surface area contributed by atoms with Crippen molar-refractivity contribution in [1.82, 2.24) is 9.80 Å². The Hall–Kier alpha value is -0.770. The first-order chi connectivity index (χ1) is 11.0. The molecule has 126 valence electrons. The highest BCUT2D eigenvalue weighted by Gasteiger charge is 2.67. The van der Waals surface area contributed by atoms with Gasteiger partial charge in [0.05, 0.1) is 19.8 Å². The molecule has 3 aliphatic rings. The molecule has 3 fully saturated rings. The largest absolute Gasteiger partial charge is 0.393 e. The standard InChI is InChI=1S/C15H20N2O4S2/c1-16-13(20)15(10-21-8-11-6-4-3-5-7-11)17(2)12(19)14(16,9-18)22-23-15/h3-7,13,18,20H,8-10H2,1-2H3/t13-,14+,15+/m1/s1. The van der Waals surface area contributed by atoms with Crippen LogP contribution < -0.4 is 0 Å². The fraction of sp³-hybridized carbons (Fsp3) is 0.533. The van der Waals surface area contributed by atoms with Crippen molar-refractivity contribution in [3.8, 4) is 0 Å². The zero-order valence-corrected chi connectivity index (χ0v) is 14.6. The molecule has 0 aliphatic carbocycles. The molecule has 0 spiro atoms. The SMILES string of the molecule is CN1[C@H](O)[C@]2(COCc3ccccc3)SS[C@@]1(CO)C(=O)N2C. The molecule has 0 saturated carbocycles. The van der Waals surface area contributed by atoms with Crippen LogP contribution in [-0.2, 0) is 16.1 Å². The minimum Gasteiger partial charge on any atom is -0.393 e. The van der Waals surface area contributed by atoms with Gasteiger partial charge in [-0.25, -0.2) is 0 Å². The number of hydrogen-bond donors (Lipinski definition) is 2. The number of nitrogens with zero attached hydrogens (tertiary/aromatic N) is 2. The van der Waals surface area contributed by atoms with Gasteiger partial charge >= 0.3 is 0 Å². The Morgan fingerprint density at radius 2 is 1.96 bits per heavy atom. The van der Waals surface area contributed by atoms with Gasteiger partial charge in [0.2, 0.25) is 0 Å². The van der Waals surface area contributed by atoms with E-state index >= 15 is 0 Å². The number of ether oxygens (including phenoxy) is 1. The monoisotopic (exact) mass is 356 g/mol. The summed E-state index contributed by atoms with van der Waals surface area (Å²) in [5.74, 6) is -0.208. The number of carbonyl (C=O) groups is 1. The molecule has 2 bridgehead atoms. The summed E-state index contributed by atoms with van der Waals surface area (Å²) in [5, 5.41) is 20.4. The van der Waals surface area contributed by atoms with Crippen LogP contribution in [0.2, 0.25) is 0 Å². The van der Waals surface area contributed by atoms with E-state index in [1.165, 1.54) is 26.5 Å². The van der Waals surface area contributed by atoms with Crippen molar-refractivity contribution in [3.63, 3.8) is 0 Å². The van der Waals surface area contributed by atoms with Crippen molar-refractivity contribution in [2.75, 3.05) is 27.3 Å². The predicted molar refractivity (Wildman–Crippen MR) is 90.4 cm³/mol. The van der Waals surface area contributed by atoms with Crippen molar-refractivity contribution in [1.29, 1.82) is 0 Å². The molecule has 6 nitrogen and oxygen atoms in total. The lowest BCUT2D eigenvalue weighted by molar-refractivity contribution is -0.184. The fourth-order valence-corrected chi connectivity index (χ4v) is 6.52. The summed E-state index contributed by atoms with van der Waals surface area (Å²) >= 11 is 0. The number of amides is 1. The summed E-state index contributed by atoms with van der Waals surface area (Å²) in [6, 6.07) is 9.76. The van der Waals surface area contributed by atoms with E-state index in [9.17, 15) is 15.0 Å². The van der Waals surface area contributed by atoms with Gasteiger partial charge in [0.1, 0.15) is 6.23 Å². The third-order valence-electron chi connectivity index (χ3n) is 4.51. The highest BCUT2D eigenvalue weighted by Crippen LogP contribution is 2.59. The molecule has 3 atom stereocenters. The summed E-state index contributed by atoms with van der Waals surface area (Å²) < 4.78 is 5.80. The van der Waals surface area contributed by atoms with Crippen molar-refractivity contribution < 1.29 is 19.7 Å². The Kier molecular flexibility index (Phi) is 4.65. The average molecular weight is 356 g/mol. The molecule has 4 rings (SSSR count). The third-order valence-corrected chi connectivity index (χ3v) is 8.29. The highest BCUT2D eigenvalue weighted by atomic mass is 33.1. The first-order valence-electron chi connectivity index (χ1n) is 7.26. The van der Waals surface area contributed by atoms with Crippen molar-refractivity contribution >= 4 is 27.5 Å². The quantitative estimate of drug-likeness (QED) is 0.753. The Bertz CT molecular complexity index is 590. The van der Waals surface area contributed by atoms with Gasteiger partial charge in [-0.1, -0.05) is 51.9 Å². The molecule has 0 unspecified atom stereocenters. The van der Waals surface area contributed by atoms with Crippen LogP contribution in [0.4, 0.5) is 0 Å². The number of aliphatic hydroxyl groups is 2. The van der Waals surface area contributed by atoms with Gasteiger partial charge in [0.25, 0.3) is 5.91 Å². The molecule has 2 N–H and O–H groups in total. The molecule has 0 aromatic heterocycles. The molecular weight excluding hydrogens is 336 g/mol. The second-order valence-electron chi connectivity index (χ2n) is 5.78. The maximum atomic E-state index is 12.7. The third kappa shape index (κ3) is 2.48. The molecular formula is C15H20N2O4S2. The van der Waals surface area contributed by atoms with Gasteiger partial charge in [-0.2, -0.15) is 0 Å². The second kappa shape index (κ2) is 6.27. The zero-order valence-electron chi connectivity index (χ0n) is 13.0. The minimum absolute atomic E-state index is 0.203. The summed E-state index contributed by atoms with van der Waals surface area (Å²) in [6.07, 6.45) is -0.917. The van der Waals surface area contributed by atoms with Gasteiger partial charge in [0, 0.05) is 7.05 Å². The summed E-state index contributed by atoms with van der Waals surface area (Å²) in [6.45, 7) is 0.272. The van der Waals surface area contributed by atoms with Gasteiger partial charge < -0.3 is 19.8 Å². The van der Waals surface area contributed by atoms with Gasteiger partial charge in [0.15, 0.2) is 9.74 Å². The number of piperazine rings is 1. The van der Waals surface area contributed by atoms with E-state index in [2.05, 4.69) is 0 Å². The molecule has 1 aromatic carbocycles. The fourth-order valence-electron chi connectivity index (χ4n) is 2.88. The molecule has 3 aliphatic heterocycles. The second-order valence-corrected chi connectivity index (χ2v) is 8.50. The Labute approximate surface area is 143 Å². The van der Waals surface area contributed by atoms with E-state index in [0.717, 1.165) is 5.56 Å². The van der Waals surface area contributed by atoms with Crippen molar-refractivity contribution in [2.45, 2.75) is 22.6 Å². The Morgan fingerprint density at radius 3 is 2.61 bits per heavy atom. The maximum Gasteiger partial charge on any atom is 0.257 e. The lowest BCUT2D eigenvalue weighted by Gasteiger charge is -2.61. The van der Waals surface area contributed by atoms with Crippen LogP contribution in [0.1, 0.15) is 5.56 Å². The van der Waals surface area contributed by atoms with Crippen LogP contribution in [0, 0.1) is 0 Å². The van der Waals surface area contributed by atoms with E-state index < -0.39 is 16.0 Å². The maximum absolute atomic E-state index is 12.7. The molecule has 1 aromatic rings. The highest BCUT2D eigenvalue weighted by molar-refractivity contribution is 8.78. The smallest absolute Gasteiger partial charge is 0.257 e. The first kappa shape index (κ1) is 17.1. The Morgan fingerprint density at radius 1 is 1.26 bits per heavy atom. The molecule has 3 heterocycles. The lowest BCUT2D eigenvalue weighted by atomic mass is 10.0. The number of benzene rings is 1. The topological polar surface area (TPSA) is 73.2 Å². The minimum atomic E-state index is -1.12. The van der Waals surface area contributed by atoms with Crippen LogP contribution in [0.25, 0.3) is 0 Å². The normalized spacial score (nSPS) is 34.2. The van der Waals surface area contributed by atoms with Gasteiger partial charge in [-0.05, 0) is 12.6 Å². The van der Waals surface area contributed by atoms with Crippen LogP contribution >= 0.6 is 21.6 Å². The van der Waals surface area contributed by atoms with Crippen molar-refractivity contribution in [3.05, 3.63) is 35.9 Å². The van der Waals surface area contributed by atoms with E-state index in [4.69, 9.17) is 4.74 Å². The number of likely N-dealkylation sites (N-methyl/N-ethyl adjacent to an activating group) is 2. The van der Waals surface area contributed by atoms with Crippen LogP contribution in [0.5, 0.6) is 0 Å². The van der Waals surface area contributed by atoms with E-state index in [1.54, 1.807) is 19.0 Å². The van der Waals surface area contributed by atoms with Crippen LogP contribution in [0.3, 0.4) is 0 Å². The van der Waals surface area contributed by atoms with Crippen molar-refractivity contribution in [2.24, 2.45) is 0 Å². The summed E-state index contributed by atoms with van der Waals surface area (Å²) in [4.78, 5) is 13.7. The molecule has 3 saturated heterocycles. The van der Waals surface area contributed by atoms with Crippen LogP contribution in [-0.4, -0.2) is 69.2 Å².